The van der Waals surface area contributed by atoms with Crippen LogP contribution in [0.4, 0.5) is 18.9 Å². The average molecular weight is 270 g/mol. The van der Waals surface area contributed by atoms with Gasteiger partial charge in [-0.2, -0.15) is 13.2 Å². The minimum atomic E-state index is -4.49. The number of ether oxygens (including phenoxy) is 1. The van der Waals surface area contributed by atoms with Crippen LogP contribution in [0.2, 0.25) is 0 Å². The van der Waals surface area contributed by atoms with Gasteiger partial charge in [0.25, 0.3) is 0 Å². The van der Waals surface area contributed by atoms with Crippen LogP contribution < -0.4 is 10.1 Å². The van der Waals surface area contributed by atoms with E-state index >= 15 is 0 Å². The maximum absolute atomic E-state index is 12.8. The molecule has 0 fully saturated rings. The first-order valence-corrected chi connectivity index (χ1v) is 5.76. The molecule has 1 aromatic carbocycles. The quantitative estimate of drug-likeness (QED) is 0.923. The molecule has 0 unspecified atom stereocenters. The lowest BCUT2D eigenvalue weighted by Gasteiger charge is -2.14. The summed E-state index contributed by atoms with van der Waals surface area (Å²) in [5.74, 6) is 0.322. The summed E-state index contributed by atoms with van der Waals surface area (Å²) in [4.78, 5) is 3.67. The van der Waals surface area contributed by atoms with Gasteiger partial charge in [-0.15, -0.1) is 0 Å². The molecule has 19 heavy (non-hydrogen) atoms. The summed E-state index contributed by atoms with van der Waals surface area (Å²) in [5, 5.41) is 3.52. The van der Waals surface area contributed by atoms with Gasteiger partial charge < -0.3 is 10.1 Å². The van der Waals surface area contributed by atoms with Crippen molar-refractivity contribution in [3.8, 4) is 5.75 Å². The fourth-order valence-corrected chi connectivity index (χ4v) is 1.87. The molecule has 1 N–H and O–H groups in total. The van der Waals surface area contributed by atoms with E-state index in [-0.39, 0.29) is 5.52 Å². The third-order valence-corrected chi connectivity index (χ3v) is 2.68. The number of hydrogen-bond acceptors (Lipinski definition) is 3. The number of rotatable bonds is 3. The number of hydrogen-bond donors (Lipinski definition) is 1. The number of nitrogens with one attached hydrogen (secondary N) is 1. The zero-order chi connectivity index (χ0) is 14.0. The first kappa shape index (κ1) is 13.5. The molecule has 0 aliphatic rings. The summed E-state index contributed by atoms with van der Waals surface area (Å²) >= 11 is 0. The van der Waals surface area contributed by atoms with Crippen LogP contribution in [0.15, 0.2) is 24.3 Å². The van der Waals surface area contributed by atoms with E-state index in [1.165, 1.54) is 7.11 Å². The first-order chi connectivity index (χ1) is 8.97. The van der Waals surface area contributed by atoms with Gasteiger partial charge in [0, 0.05) is 17.6 Å². The largest absolute Gasteiger partial charge is 0.494 e. The molecule has 3 nitrogen and oxygen atoms in total. The number of pyridine rings is 1. The van der Waals surface area contributed by atoms with E-state index in [1.807, 2.05) is 6.92 Å². The van der Waals surface area contributed by atoms with Crippen LogP contribution in [0.1, 0.15) is 12.6 Å². The van der Waals surface area contributed by atoms with Gasteiger partial charge in [0.05, 0.1) is 7.11 Å². The zero-order valence-electron chi connectivity index (χ0n) is 10.5. The predicted octanol–water partition coefficient (Wildman–Crippen LogP) is 3.69. The first-order valence-electron chi connectivity index (χ1n) is 5.76. The number of methoxy groups -OCH3 is 1. The van der Waals surface area contributed by atoms with Crippen LogP contribution in [-0.4, -0.2) is 18.6 Å². The maximum atomic E-state index is 12.8. The summed E-state index contributed by atoms with van der Waals surface area (Å²) in [5.41, 5.74) is -0.324. The van der Waals surface area contributed by atoms with E-state index in [2.05, 4.69) is 10.3 Å². The van der Waals surface area contributed by atoms with Crippen LogP contribution >= 0.6 is 0 Å². The molecule has 0 spiro atoms. The molecule has 1 aromatic heterocycles. The Hall–Kier alpha value is -1.98. The third kappa shape index (κ3) is 2.57. The van der Waals surface area contributed by atoms with Crippen molar-refractivity contribution in [2.75, 3.05) is 19.0 Å². The molecule has 102 valence electrons. The Balaban J connectivity index is 2.76. The van der Waals surface area contributed by atoms with Crippen LogP contribution in [0.25, 0.3) is 10.9 Å². The number of alkyl halides is 3. The summed E-state index contributed by atoms with van der Waals surface area (Å²) in [7, 11) is 1.41. The lowest BCUT2D eigenvalue weighted by atomic mass is 10.1. The molecule has 0 atom stereocenters. The third-order valence-electron chi connectivity index (χ3n) is 2.68. The van der Waals surface area contributed by atoms with Crippen molar-refractivity contribution in [2.24, 2.45) is 0 Å². The molecule has 2 aromatic rings. The van der Waals surface area contributed by atoms with E-state index < -0.39 is 11.9 Å². The number of anilines is 1. The Morgan fingerprint density at radius 1 is 1.32 bits per heavy atom. The van der Waals surface area contributed by atoms with Gasteiger partial charge in [-0.25, -0.2) is 4.98 Å². The second kappa shape index (κ2) is 4.95. The van der Waals surface area contributed by atoms with E-state index in [0.717, 1.165) is 6.07 Å². The van der Waals surface area contributed by atoms with Gasteiger partial charge in [0.2, 0.25) is 0 Å². The number of fused-ring (bicyclic) bond motifs is 1. The molecule has 0 saturated carbocycles. The normalized spacial score (nSPS) is 11.6. The monoisotopic (exact) mass is 270 g/mol. The van der Waals surface area contributed by atoms with Crippen molar-refractivity contribution in [2.45, 2.75) is 13.1 Å². The predicted molar refractivity (Wildman–Crippen MR) is 67.5 cm³/mol. The SMILES string of the molecule is CCNc1cc(C(F)(F)F)nc2c(OC)cccc12. The van der Waals surface area contributed by atoms with Gasteiger partial charge in [-0.1, -0.05) is 12.1 Å². The van der Waals surface area contributed by atoms with Crippen molar-refractivity contribution in [1.82, 2.24) is 4.98 Å². The summed E-state index contributed by atoms with van der Waals surface area (Å²) in [6.45, 7) is 2.34. The standard InChI is InChI=1S/C13H13F3N2O/c1-3-17-9-7-11(13(14,15)16)18-12-8(9)5-4-6-10(12)19-2/h4-7H,3H2,1-2H3,(H,17,18). The second-order valence-corrected chi connectivity index (χ2v) is 3.94. The Morgan fingerprint density at radius 2 is 2.05 bits per heavy atom. The molecule has 0 saturated heterocycles. The number of aromatic nitrogens is 1. The van der Waals surface area contributed by atoms with Gasteiger partial charge in [0.1, 0.15) is 17.0 Å². The zero-order valence-corrected chi connectivity index (χ0v) is 10.5. The number of benzene rings is 1. The Labute approximate surface area is 108 Å². The fraction of sp³-hybridized carbons (Fsp3) is 0.308. The molecule has 6 heteroatoms. The Bertz CT molecular complexity index is 596. The van der Waals surface area contributed by atoms with Gasteiger partial charge in [-0.3, -0.25) is 0 Å². The highest BCUT2D eigenvalue weighted by Crippen LogP contribution is 2.35. The molecule has 0 bridgehead atoms. The van der Waals surface area contributed by atoms with Crippen molar-refractivity contribution < 1.29 is 17.9 Å². The van der Waals surface area contributed by atoms with Crippen molar-refractivity contribution in [1.29, 1.82) is 0 Å². The Kier molecular flexibility index (Phi) is 3.50. The molecule has 0 aliphatic heterocycles. The highest BCUT2D eigenvalue weighted by molar-refractivity contribution is 5.95. The molecule has 0 amide bonds. The van der Waals surface area contributed by atoms with E-state index in [9.17, 15) is 13.2 Å². The van der Waals surface area contributed by atoms with Gasteiger partial charge in [-0.05, 0) is 19.1 Å². The van der Waals surface area contributed by atoms with E-state index in [4.69, 9.17) is 4.74 Å². The van der Waals surface area contributed by atoms with Crippen molar-refractivity contribution >= 4 is 16.6 Å². The van der Waals surface area contributed by atoms with E-state index in [1.54, 1.807) is 18.2 Å². The molecule has 0 radical (unpaired) electrons. The van der Waals surface area contributed by atoms with Gasteiger partial charge in [0.15, 0.2) is 0 Å². The maximum Gasteiger partial charge on any atom is 0.433 e. The number of nitrogens with zero attached hydrogens (tertiary/aromatic N) is 1. The highest BCUT2D eigenvalue weighted by Gasteiger charge is 2.33. The lowest BCUT2D eigenvalue weighted by Crippen LogP contribution is -2.10. The smallest absolute Gasteiger partial charge is 0.433 e. The molecule has 2 rings (SSSR count). The molecular formula is C13H13F3N2O. The van der Waals surface area contributed by atoms with Crippen LogP contribution in [0, 0.1) is 0 Å². The van der Waals surface area contributed by atoms with Crippen molar-refractivity contribution in [3.05, 3.63) is 30.0 Å². The van der Waals surface area contributed by atoms with E-state index in [0.29, 0.717) is 23.4 Å². The average Bonchev–Trinajstić information content (AvgIpc) is 2.37. The van der Waals surface area contributed by atoms with Crippen LogP contribution in [0.5, 0.6) is 5.75 Å². The van der Waals surface area contributed by atoms with Crippen LogP contribution in [0.3, 0.4) is 0 Å². The summed E-state index contributed by atoms with van der Waals surface area (Å²) in [6.07, 6.45) is -4.49. The molecule has 1 heterocycles. The minimum Gasteiger partial charge on any atom is -0.494 e. The second-order valence-electron chi connectivity index (χ2n) is 3.94. The topological polar surface area (TPSA) is 34.2 Å². The van der Waals surface area contributed by atoms with Gasteiger partial charge >= 0.3 is 6.18 Å². The Morgan fingerprint density at radius 3 is 2.63 bits per heavy atom. The summed E-state index contributed by atoms with van der Waals surface area (Å²) < 4.78 is 43.6. The summed E-state index contributed by atoms with van der Waals surface area (Å²) in [6, 6.07) is 6.04. The minimum absolute atomic E-state index is 0.204. The highest BCUT2D eigenvalue weighted by atomic mass is 19.4. The fourth-order valence-electron chi connectivity index (χ4n) is 1.87. The van der Waals surface area contributed by atoms with Crippen molar-refractivity contribution in [3.63, 3.8) is 0 Å². The van der Waals surface area contributed by atoms with Crippen LogP contribution in [-0.2, 0) is 6.18 Å². The number of para-hydroxylation sites is 1. The molecule has 0 aliphatic carbocycles. The lowest BCUT2D eigenvalue weighted by molar-refractivity contribution is -0.140. The molecular weight excluding hydrogens is 257 g/mol. The number of halogens is 3.